The number of nitrogens with one attached hydrogen (secondary N) is 2. The van der Waals surface area contributed by atoms with Gasteiger partial charge in [0.25, 0.3) is 11.8 Å². The van der Waals surface area contributed by atoms with Crippen LogP contribution in [0.5, 0.6) is 34.5 Å². The van der Waals surface area contributed by atoms with Crippen molar-refractivity contribution in [3.8, 4) is 34.5 Å². The summed E-state index contributed by atoms with van der Waals surface area (Å²) in [4.78, 5) is 43.5. The summed E-state index contributed by atoms with van der Waals surface area (Å²) < 4.78 is 35.0. The van der Waals surface area contributed by atoms with Crippen LogP contribution in [0, 0.1) is 0 Å². The van der Waals surface area contributed by atoms with Gasteiger partial charge < -0.3 is 44.0 Å². The maximum Gasteiger partial charge on any atom is 0.409 e. The predicted molar refractivity (Wildman–Crippen MR) is 188 cm³/mol. The number of hydrogen-bond acceptors (Lipinski definition) is 10. The molecule has 51 heavy (non-hydrogen) atoms. The molecular formula is C38H46N4O9. The van der Waals surface area contributed by atoms with Crippen LogP contribution >= 0.6 is 0 Å². The normalized spacial score (nSPS) is 18.6. The number of carbonyl (C=O) groups is 3. The zero-order chi connectivity index (χ0) is 35.8. The minimum atomic E-state index is -1.11. The third-order valence-corrected chi connectivity index (χ3v) is 9.67. The maximum atomic E-state index is 14.2. The van der Waals surface area contributed by atoms with Crippen molar-refractivity contribution in [2.45, 2.75) is 50.8 Å². The summed E-state index contributed by atoms with van der Waals surface area (Å²) >= 11 is 0. The molecule has 0 aliphatic carbocycles. The first-order valence-corrected chi connectivity index (χ1v) is 17.5. The van der Waals surface area contributed by atoms with Gasteiger partial charge in [-0.3, -0.25) is 14.5 Å². The van der Waals surface area contributed by atoms with E-state index in [0.717, 1.165) is 18.4 Å². The summed E-state index contributed by atoms with van der Waals surface area (Å²) in [6.45, 7) is 5.54. The van der Waals surface area contributed by atoms with Crippen LogP contribution in [-0.2, 0) is 16.1 Å². The molecule has 0 unspecified atom stereocenters. The molecule has 3 aromatic rings. The number of rotatable bonds is 4. The third kappa shape index (κ3) is 8.42. The number of piperidine rings is 2. The number of methoxy groups -OCH3 is 2. The lowest BCUT2D eigenvalue weighted by molar-refractivity contribution is -0.142. The van der Waals surface area contributed by atoms with Gasteiger partial charge in [-0.1, -0.05) is 0 Å². The molecule has 0 radical (unpaired) electrons. The van der Waals surface area contributed by atoms with E-state index >= 15 is 0 Å². The molecule has 2 N–H and O–H groups in total. The van der Waals surface area contributed by atoms with Gasteiger partial charge in [-0.25, -0.2) is 4.79 Å². The van der Waals surface area contributed by atoms with Crippen molar-refractivity contribution in [1.29, 1.82) is 0 Å². The number of carbonyl (C=O) groups excluding carboxylic acids is 3. The Hall–Kier alpha value is -5.17. The van der Waals surface area contributed by atoms with E-state index in [4.69, 9.17) is 28.4 Å². The zero-order valence-electron chi connectivity index (χ0n) is 29.4. The largest absolute Gasteiger partial charge is 0.496 e. The Balaban J connectivity index is 1.22. The van der Waals surface area contributed by atoms with E-state index in [9.17, 15) is 14.4 Å². The monoisotopic (exact) mass is 702 g/mol. The molecule has 6 bridgehead atoms. The SMILES string of the molecule is CCOC(=O)N1CCC(N2CCC3(CC2)Oc2ccc(cc2)OCCNC(=O)c2ccc(OC)c(c2)Oc2ccc(c(OC)c2)CNC3=O)CC1. The highest BCUT2D eigenvalue weighted by molar-refractivity contribution is 5.95. The topological polar surface area (TPSA) is 137 Å². The van der Waals surface area contributed by atoms with Crippen LogP contribution in [0.15, 0.2) is 60.7 Å². The van der Waals surface area contributed by atoms with Crippen LogP contribution in [-0.4, -0.2) is 99.5 Å². The highest BCUT2D eigenvalue weighted by atomic mass is 16.6. The summed E-state index contributed by atoms with van der Waals surface area (Å²) in [6, 6.07) is 17.8. The lowest BCUT2D eigenvalue weighted by atomic mass is 9.88. The number of amides is 3. The molecule has 2 fully saturated rings. The highest BCUT2D eigenvalue weighted by Crippen LogP contribution is 2.36. The van der Waals surface area contributed by atoms with Crippen molar-refractivity contribution in [2.24, 2.45) is 0 Å². The first-order valence-electron chi connectivity index (χ1n) is 17.5. The van der Waals surface area contributed by atoms with Crippen molar-refractivity contribution >= 4 is 17.9 Å². The second kappa shape index (κ2) is 16.2. The minimum absolute atomic E-state index is 0.204. The average Bonchev–Trinajstić information content (AvgIpc) is 3.16. The molecule has 2 saturated heterocycles. The van der Waals surface area contributed by atoms with Gasteiger partial charge in [-0.15, -0.1) is 0 Å². The Morgan fingerprint density at radius 1 is 0.863 bits per heavy atom. The van der Waals surface area contributed by atoms with E-state index < -0.39 is 5.60 Å². The molecule has 0 saturated carbocycles. The number of ether oxygens (including phenoxy) is 6. The fraction of sp³-hybridized carbons (Fsp3) is 0.447. The van der Waals surface area contributed by atoms with Crippen molar-refractivity contribution < 1.29 is 42.8 Å². The molecule has 0 atom stereocenters. The van der Waals surface area contributed by atoms with E-state index in [-0.39, 0.29) is 37.6 Å². The number of nitrogens with zero attached hydrogens (tertiary/aromatic N) is 2. The smallest absolute Gasteiger partial charge is 0.409 e. The minimum Gasteiger partial charge on any atom is -0.496 e. The molecule has 6 aliphatic heterocycles. The molecule has 3 aromatic carbocycles. The van der Waals surface area contributed by atoms with Crippen molar-refractivity contribution in [3.63, 3.8) is 0 Å². The van der Waals surface area contributed by atoms with Gasteiger partial charge in [0.15, 0.2) is 17.1 Å². The fourth-order valence-electron chi connectivity index (χ4n) is 6.81. The standard InChI is InChI=1S/C38H46N4O9/c1-4-48-37(45)42-18-13-28(14-19-42)41-20-15-38(16-21-41)36(44)40-25-27-5-7-31(24-33(27)47-3)50-34-23-26(6-12-32(34)46-2)35(43)39-17-22-49-29-8-10-30(51-38)11-9-29/h5-12,23-24,28H,4,13-22,25H2,1-3H3,(H,39,43)(H,40,44). The quantitative estimate of drug-likeness (QED) is 0.391. The Bertz CT molecular complexity index is 1680. The average molecular weight is 703 g/mol. The molecular weight excluding hydrogens is 656 g/mol. The van der Waals surface area contributed by atoms with Crippen LogP contribution < -0.4 is 34.3 Å². The third-order valence-electron chi connectivity index (χ3n) is 9.67. The van der Waals surface area contributed by atoms with Crippen LogP contribution in [0.2, 0.25) is 0 Å². The lowest BCUT2D eigenvalue weighted by Crippen LogP contribution is -2.59. The van der Waals surface area contributed by atoms with Gasteiger partial charge in [0.05, 0.1) is 27.4 Å². The second-order valence-corrected chi connectivity index (χ2v) is 12.7. The molecule has 6 heterocycles. The summed E-state index contributed by atoms with van der Waals surface area (Å²) in [7, 11) is 3.09. The van der Waals surface area contributed by atoms with Crippen LogP contribution in [0.4, 0.5) is 4.79 Å². The second-order valence-electron chi connectivity index (χ2n) is 12.7. The maximum absolute atomic E-state index is 14.2. The Kier molecular flexibility index (Phi) is 11.3. The molecule has 3 amide bonds. The number of hydrogen-bond donors (Lipinski definition) is 2. The molecule has 9 rings (SSSR count). The zero-order valence-corrected chi connectivity index (χ0v) is 29.4. The first-order chi connectivity index (χ1) is 24.8. The van der Waals surface area contributed by atoms with Crippen molar-refractivity contribution in [2.75, 3.05) is 60.2 Å². The molecule has 272 valence electrons. The van der Waals surface area contributed by atoms with Crippen LogP contribution in [0.3, 0.4) is 0 Å². The summed E-state index contributed by atoms with van der Waals surface area (Å²) in [5.74, 6) is 2.49. The number of benzene rings is 3. The highest BCUT2D eigenvalue weighted by Gasteiger charge is 2.45. The van der Waals surface area contributed by atoms with Crippen molar-refractivity contribution in [1.82, 2.24) is 20.4 Å². The Morgan fingerprint density at radius 3 is 2.27 bits per heavy atom. The number of likely N-dealkylation sites (tertiary alicyclic amines) is 2. The van der Waals surface area contributed by atoms with Crippen LogP contribution in [0.25, 0.3) is 0 Å². The molecule has 0 aromatic heterocycles. The molecule has 13 nitrogen and oxygen atoms in total. The van der Waals surface area contributed by atoms with Gasteiger partial charge in [-0.2, -0.15) is 0 Å². The summed E-state index contributed by atoms with van der Waals surface area (Å²) in [5.41, 5.74) is 0.0479. The first kappa shape index (κ1) is 35.6. The van der Waals surface area contributed by atoms with E-state index in [2.05, 4.69) is 15.5 Å². The Labute approximate surface area is 298 Å². The van der Waals surface area contributed by atoms with E-state index in [1.807, 2.05) is 13.0 Å². The van der Waals surface area contributed by atoms with Gasteiger partial charge in [0.1, 0.15) is 29.6 Å². The molecule has 1 spiro atoms. The lowest BCUT2D eigenvalue weighted by Gasteiger charge is -2.45. The van der Waals surface area contributed by atoms with Gasteiger partial charge in [-0.05, 0) is 74.4 Å². The molecule has 13 heteroatoms. The predicted octanol–water partition coefficient (Wildman–Crippen LogP) is 4.77. The van der Waals surface area contributed by atoms with E-state index in [1.54, 1.807) is 66.6 Å². The van der Waals surface area contributed by atoms with Crippen LogP contribution in [0.1, 0.15) is 48.5 Å². The van der Waals surface area contributed by atoms with Gasteiger partial charge >= 0.3 is 6.09 Å². The molecule has 6 aliphatic rings. The Morgan fingerprint density at radius 2 is 1.57 bits per heavy atom. The van der Waals surface area contributed by atoms with Gasteiger partial charge in [0.2, 0.25) is 0 Å². The fourth-order valence-corrected chi connectivity index (χ4v) is 6.81. The van der Waals surface area contributed by atoms with Gasteiger partial charge in [0, 0.05) is 68.8 Å². The van der Waals surface area contributed by atoms with E-state index in [0.29, 0.717) is 91.7 Å². The summed E-state index contributed by atoms with van der Waals surface area (Å²) in [5, 5.41) is 6.00. The van der Waals surface area contributed by atoms with Crippen molar-refractivity contribution in [3.05, 3.63) is 71.8 Å². The van der Waals surface area contributed by atoms with E-state index in [1.165, 1.54) is 7.11 Å². The summed E-state index contributed by atoms with van der Waals surface area (Å²) in [6.07, 6.45) is 2.41.